The van der Waals surface area contributed by atoms with Crippen LogP contribution in [0.1, 0.15) is 5.56 Å². The van der Waals surface area contributed by atoms with Gasteiger partial charge in [0.05, 0.1) is 18.4 Å². The van der Waals surface area contributed by atoms with Gasteiger partial charge in [-0.15, -0.1) is 0 Å². The number of nitrogens with zero attached hydrogens (tertiary/aromatic N) is 3. The summed E-state index contributed by atoms with van der Waals surface area (Å²) >= 11 is 0. The first-order valence-corrected chi connectivity index (χ1v) is 2.95. The number of hydrogen-bond acceptors (Lipinski definition) is 2. The predicted octanol–water partition coefficient (Wildman–Crippen LogP) is 1.94. The predicted molar refractivity (Wildman–Crippen MR) is 39.6 cm³/mol. The Labute approximate surface area is 63.5 Å². The van der Waals surface area contributed by atoms with Crippen LogP contribution in [-0.4, -0.2) is 6.54 Å². The summed E-state index contributed by atoms with van der Waals surface area (Å²) in [5.74, 6) is 5.41. The van der Waals surface area contributed by atoms with Crippen molar-refractivity contribution in [2.24, 2.45) is 5.11 Å². The average molecular weight is 147 g/mol. The summed E-state index contributed by atoms with van der Waals surface area (Å²) in [6.45, 7) is 0.196. The van der Waals surface area contributed by atoms with Crippen LogP contribution in [0.2, 0.25) is 0 Å². The molecule has 0 radical (unpaired) electrons. The van der Waals surface area contributed by atoms with Gasteiger partial charge in [0.1, 0.15) is 6.26 Å². The monoisotopic (exact) mass is 147 g/mol. The summed E-state index contributed by atoms with van der Waals surface area (Å²) in [7, 11) is 0. The number of hydrogen-bond donors (Lipinski definition) is 0. The third-order valence-corrected chi connectivity index (χ3v) is 0.967. The summed E-state index contributed by atoms with van der Waals surface area (Å²) < 4.78 is 4.77. The van der Waals surface area contributed by atoms with Gasteiger partial charge in [0, 0.05) is 4.91 Å². The van der Waals surface area contributed by atoms with Gasteiger partial charge in [-0.2, -0.15) is 0 Å². The van der Waals surface area contributed by atoms with Gasteiger partial charge in [0.25, 0.3) is 0 Å². The Morgan fingerprint density at radius 3 is 3.27 bits per heavy atom. The third kappa shape index (κ3) is 2.48. The van der Waals surface area contributed by atoms with Gasteiger partial charge in [-0.25, -0.2) is 0 Å². The van der Waals surface area contributed by atoms with Crippen LogP contribution in [0.3, 0.4) is 0 Å². The van der Waals surface area contributed by atoms with Gasteiger partial charge in [-0.3, -0.25) is 0 Å². The molecule has 4 heteroatoms. The largest absolute Gasteiger partial charge is 0.471 e. The maximum absolute atomic E-state index is 7.90. The second-order valence-corrected chi connectivity index (χ2v) is 1.70. The molecule has 0 aliphatic carbocycles. The van der Waals surface area contributed by atoms with Crippen molar-refractivity contribution < 1.29 is 4.42 Å². The summed E-state index contributed by atoms with van der Waals surface area (Å²) in [6.07, 6.45) is 3.07. The van der Waals surface area contributed by atoms with E-state index in [9.17, 15) is 0 Å². The van der Waals surface area contributed by atoms with E-state index >= 15 is 0 Å². The molecule has 4 nitrogen and oxygen atoms in total. The molecule has 0 unspecified atom stereocenters. The lowest BCUT2D eigenvalue weighted by molar-refractivity contribution is 0.566. The molecule has 0 saturated carbocycles. The van der Waals surface area contributed by atoms with Crippen LogP contribution in [0.4, 0.5) is 0 Å². The Hall–Kier alpha value is -1.85. The van der Waals surface area contributed by atoms with Gasteiger partial charge < -0.3 is 4.42 Å². The van der Waals surface area contributed by atoms with E-state index in [1.165, 1.54) is 12.5 Å². The van der Waals surface area contributed by atoms with E-state index in [1.807, 2.05) is 0 Å². The molecule has 0 atom stereocenters. The zero-order chi connectivity index (χ0) is 7.94. The minimum absolute atomic E-state index is 0.196. The smallest absolute Gasteiger partial charge is 0.106 e. The van der Waals surface area contributed by atoms with Gasteiger partial charge in [0.15, 0.2) is 0 Å². The Morgan fingerprint density at radius 2 is 2.64 bits per heavy atom. The fraction of sp³-hybridized carbons (Fsp3) is 0.143. The zero-order valence-corrected chi connectivity index (χ0v) is 5.69. The molecule has 0 saturated heterocycles. The van der Waals surface area contributed by atoms with Crippen LogP contribution in [0, 0.1) is 11.8 Å². The Morgan fingerprint density at radius 1 is 1.73 bits per heavy atom. The molecule has 1 aromatic rings. The molecular formula is C7H5N3O. The van der Waals surface area contributed by atoms with Crippen molar-refractivity contribution in [1.82, 2.24) is 0 Å². The molecule has 0 N–H and O–H groups in total. The van der Waals surface area contributed by atoms with Gasteiger partial charge >= 0.3 is 0 Å². The molecule has 1 heterocycles. The number of azide groups is 1. The Balaban J connectivity index is 2.52. The van der Waals surface area contributed by atoms with E-state index in [4.69, 9.17) is 9.95 Å². The van der Waals surface area contributed by atoms with E-state index in [-0.39, 0.29) is 6.54 Å². The molecule has 0 bridgehead atoms. The first-order chi connectivity index (χ1) is 5.43. The first-order valence-electron chi connectivity index (χ1n) is 2.95. The highest BCUT2D eigenvalue weighted by Crippen LogP contribution is 1.95. The van der Waals surface area contributed by atoms with Crippen LogP contribution in [0.5, 0.6) is 0 Å². The van der Waals surface area contributed by atoms with Crippen LogP contribution in [-0.2, 0) is 0 Å². The molecule has 0 amide bonds. The van der Waals surface area contributed by atoms with Crippen molar-refractivity contribution >= 4 is 0 Å². The Bertz CT molecular complexity index is 311. The van der Waals surface area contributed by atoms with Crippen molar-refractivity contribution in [2.45, 2.75) is 0 Å². The lowest BCUT2D eigenvalue weighted by atomic mass is 10.3. The first kappa shape index (κ1) is 7.26. The van der Waals surface area contributed by atoms with Gasteiger partial charge in [-0.05, 0) is 11.6 Å². The fourth-order valence-electron chi connectivity index (χ4n) is 0.544. The second-order valence-electron chi connectivity index (χ2n) is 1.70. The highest BCUT2D eigenvalue weighted by atomic mass is 16.3. The Kier molecular flexibility index (Phi) is 2.67. The summed E-state index contributed by atoms with van der Waals surface area (Å²) in [5, 5.41) is 3.25. The standard InChI is InChI=1S/C7H5N3O/c8-10-9-4-1-2-7-3-5-11-6-7/h3,5-6H,4H2. The SMILES string of the molecule is [N-]=[N+]=NCC#Cc1ccoc1. The van der Waals surface area contributed by atoms with E-state index in [0.717, 1.165) is 5.56 Å². The lowest BCUT2D eigenvalue weighted by Crippen LogP contribution is -1.68. The average Bonchev–Trinajstić information content (AvgIpc) is 2.50. The van der Waals surface area contributed by atoms with Crippen LogP contribution >= 0.6 is 0 Å². The van der Waals surface area contributed by atoms with Crippen molar-refractivity contribution in [2.75, 3.05) is 6.54 Å². The molecule has 0 spiro atoms. The normalized spacial score (nSPS) is 7.64. The van der Waals surface area contributed by atoms with Crippen molar-refractivity contribution in [1.29, 1.82) is 0 Å². The lowest BCUT2D eigenvalue weighted by Gasteiger charge is -1.72. The number of rotatable bonds is 1. The zero-order valence-electron chi connectivity index (χ0n) is 5.69. The van der Waals surface area contributed by atoms with Gasteiger partial charge in [0.2, 0.25) is 0 Å². The van der Waals surface area contributed by atoms with E-state index in [0.29, 0.717) is 0 Å². The van der Waals surface area contributed by atoms with Gasteiger partial charge in [-0.1, -0.05) is 17.0 Å². The fourth-order valence-corrected chi connectivity index (χ4v) is 0.544. The van der Waals surface area contributed by atoms with E-state index in [2.05, 4.69) is 21.9 Å². The van der Waals surface area contributed by atoms with Crippen molar-refractivity contribution in [3.63, 3.8) is 0 Å². The molecule has 0 fully saturated rings. The van der Waals surface area contributed by atoms with E-state index < -0.39 is 0 Å². The molecule has 54 valence electrons. The third-order valence-electron chi connectivity index (χ3n) is 0.967. The van der Waals surface area contributed by atoms with Crippen molar-refractivity contribution in [3.8, 4) is 11.8 Å². The quantitative estimate of drug-likeness (QED) is 0.259. The van der Waals surface area contributed by atoms with Crippen LogP contribution in [0.25, 0.3) is 10.4 Å². The highest BCUT2D eigenvalue weighted by Gasteiger charge is 1.82. The summed E-state index contributed by atoms with van der Waals surface area (Å²) in [6, 6.07) is 1.74. The van der Waals surface area contributed by atoms with Crippen LogP contribution in [0.15, 0.2) is 28.1 Å². The van der Waals surface area contributed by atoms with Crippen LogP contribution < -0.4 is 0 Å². The molecule has 1 rings (SSSR count). The number of furan rings is 1. The molecule has 0 aliphatic rings. The molecule has 0 aromatic carbocycles. The maximum Gasteiger partial charge on any atom is 0.106 e. The molecular weight excluding hydrogens is 142 g/mol. The molecule has 11 heavy (non-hydrogen) atoms. The van der Waals surface area contributed by atoms with Crippen molar-refractivity contribution in [3.05, 3.63) is 34.6 Å². The molecule has 0 aliphatic heterocycles. The van der Waals surface area contributed by atoms with E-state index in [1.54, 1.807) is 6.07 Å². The minimum atomic E-state index is 0.196. The summed E-state index contributed by atoms with van der Waals surface area (Å²) in [5.41, 5.74) is 8.69. The second kappa shape index (κ2) is 4.04. The summed E-state index contributed by atoms with van der Waals surface area (Å²) in [4.78, 5) is 2.55. The minimum Gasteiger partial charge on any atom is -0.471 e. The highest BCUT2D eigenvalue weighted by molar-refractivity contribution is 5.30. The molecule has 1 aromatic heterocycles. The topological polar surface area (TPSA) is 61.9 Å². The maximum atomic E-state index is 7.90.